The van der Waals surface area contributed by atoms with Crippen LogP contribution in [-0.4, -0.2) is 24.5 Å². The van der Waals surface area contributed by atoms with Crippen molar-refractivity contribution >= 4 is 17.6 Å². The third-order valence-electron chi connectivity index (χ3n) is 2.38. The molecule has 98 valence electrons. The molecule has 1 amide bonds. The molecule has 0 aromatic heterocycles. The Balaban J connectivity index is 2.61. The third kappa shape index (κ3) is 3.76. The minimum atomic E-state index is -0.543. The number of nitrogen functional groups attached to an aromatic ring is 1. The molecule has 0 fully saturated rings. The largest absolute Gasteiger partial charge is 0.452 e. The van der Waals surface area contributed by atoms with Crippen molar-refractivity contribution in [1.82, 2.24) is 5.32 Å². The van der Waals surface area contributed by atoms with Gasteiger partial charge in [-0.1, -0.05) is 6.07 Å². The van der Waals surface area contributed by atoms with Gasteiger partial charge < -0.3 is 15.8 Å². The zero-order valence-corrected chi connectivity index (χ0v) is 10.8. The van der Waals surface area contributed by atoms with Crippen molar-refractivity contribution in [2.75, 3.05) is 12.3 Å². The first-order valence-electron chi connectivity index (χ1n) is 5.73. The second kappa shape index (κ2) is 6.05. The molecule has 0 unspecified atom stereocenters. The molecule has 0 aliphatic heterocycles. The van der Waals surface area contributed by atoms with Gasteiger partial charge in [-0.2, -0.15) is 0 Å². The highest BCUT2D eigenvalue weighted by molar-refractivity contribution is 5.94. The van der Waals surface area contributed by atoms with E-state index in [0.717, 1.165) is 0 Å². The first-order valence-corrected chi connectivity index (χ1v) is 5.73. The molecule has 1 rings (SSSR count). The lowest BCUT2D eigenvalue weighted by molar-refractivity contribution is -0.124. The van der Waals surface area contributed by atoms with E-state index in [9.17, 15) is 9.59 Å². The summed E-state index contributed by atoms with van der Waals surface area (Å²) < 4.78 is 4.92. The first-order chi connectivity index (χ1) is 8.41. The molecule has 0 aliphatic carbocycles. The van der Waals surface area contributed by atoms with E-state index >= 15 is 0 Å². The fourth-order valence-corrected chi connectivity index (χ4v) is 1.45. The van der Waals surface area contributed by atoms with Crippen LogP contribution >= 0.6 is 0 Å². The number of carbonyl (C=O) groups excluding carboxylic acids is 2. The van der Waals surface area contributed by atoms with Crippen LogP contribution in [0.4, 0.5) is 5.69 Å². The lowest BCUT2D eigenvalue weighted by Crippen LogP contribution is -2.34. The van der Waals surface area contributed by atoms with Crippen molar-refractivity contribution in [3.63, 3.8) is 0 Å². The van der Waals surface area contributed by atoms with Crippen LogP contribution in [0.2, 0.25) is 0 Å². The van der Waals surface area contributed by atoms with E-state index in [1.165, 1.54) is 0 Å². The summed E-state index contributed by atoms with van der Waals surface area (Å²) in [5, 5.41) is 2.63. The Morgan fingerprint density at radius 1 is 1.39 bits per heavy atom. The number of nitrogens with one attached hydrogen (secondary N) is 1. The summed E-state index contributed by atoms with van der Waals surface area (Å²) in [5.74, 6) is -0.862. The van der Waals surface area contributed by atoms with Crippen molar-refractivity contribution in [2.24, 2.45) is 0 Å². The summed E-state index contributed by atoms with van der Waals surface area (Å²) in [4.78, 5) is 23.1. The number of esters is 1. The van der Waals surface area contributed by atoms with Gasteiger partial charge in [0.05, 0.1) is 5.56 Å². The molecule has 5 heteroatoms. The lowest BCUT2D eigenvalue weighted by Gasteiger charge is -2.10. The molecule has 18 heavy (non-hydrogen) atoms. The molecule has 1 aromatic rings. The van der Waals surface area contributed by atoms with Crippen LogP contribution < -0.4 is 11.1 Å². The van der Waals surface area contributed by atoms with Crippen LogP contribution in [0.3, 0.4) is 0 Å². The molecule has 0 bridgehead atoms. The average molecular weight is 250 g/mol. The second-order valence-corrected chi connectivity index (χ2v) is 4.32. The Morgan fingerprint density at radius 2 is 2.06 bits per heavy atom. The van der Waals surface area contributed by atoms with Crippen molar-refractivity contribution in [2.45, 2.75) is 26.8 Å². The van der Waals surface area contributed by atoms with Gasteiger partial charge in [-0.25, -0.2) is 4.79 Å². The lowest BCUT2D eigenvalue weighted by atomic mass is 10.1. The number of benzene rings is 1. The molecule has 5 nitrogen and oxygen atoms in total. The fourth-order valence-electron chi connectivity index (χ4n) is 1.45. The minimum Gasteiger partial charge on any atom is -0.452 e. The Hall–Kier alpha value is -2.04. The minimum absolute atomic E-state index is 0.0188. The molecule has 0 atom stereocenters. The zero-order chi connectivity index (χ0) is 13.7. The van der Waals surface area contributed by atoms with Gasteiger partial charge in [-0.15, -0.1) is 0 Å². The van der Waals surface area contributed by atoms with Gasteiger partial charge >= 0.3 is 5.97 Å². The van der Waals surface area contributed by atoms with Gasteiger partial charge in [0.25, 0.3) is 5.91 Å². The summed E-state index contributed by atoms with van der Waals surface area (Å²) in [6, 6.07) is 5.02. The van der Waals surface area contributed by atoms with Crippen LogP contribution in [0.15, 0.2) is 18.2 Å². The number of rotatable bonds is 4. The Kier molecular flexibility index (Phi) is 4.71. The van der Waals surface area contributed by atoms with Gasteiger partial charge in [0, 0.05) is 11.7 Å². The topological polar surface area (TPSA) is 81.4 Å². The number of hydrogen-bond acceptors (Lipinski definition) is 4. The number of ether oxygens (including phenoxy) is 1. The normalized spacial score (nSPS) is 10.2. The fraction of sp³-hybridized carbons (Fsp3) is 0.385. The van der Waals surface area contributed by atoms with Crippen LogP contribution in [0.1, 0.15) is 29.8 Å². The van der Waals surface area contributed by atoms with Gasteiger partial charge in [0.2, 0.25) is 0 Å². The van der Waals surface area contributed by atoms with Crippen molar-refractivity contribution in [1.29, 1.82) is 0 Å². The SMILES string of the molecule is Cc1c(N)cccc1C(=O)OCC(=O)NC(C)C. The molecule has 0 radical (unpaired) electrons. The van der Waals surface area contributed by atoms with E-state index in [1.54, 1.807) is 25.1 Å². The quantitative estimate of drug-likeness (QED) is 0.622. The molecule has 0 saturated heterocycles. The van der Waals surface area contributed by atoms with Gasteiger partial charge in [0.1, 0.15) is 0 Å². The van der Waals surface area contributed by atoms with Crippen LogP contribution in [0.25, 0.3) is 0 Å². The van der Waals surface area contributed by atoms with Gasteiger partial charge in [-0.05, 0) is 38.5 Å². The van der Waals surface area contributed by atoms with Crippen molar-refractivity contribution in [3.05, 3.63) is 29.3 Å². The molecule has 1 aromatic carbocycles. The summed E-state index contributed by atoms with van der Waals surface area (Å²) in [7, 11) is 0. The summed E-state index contributed by atoms with van der Waals surface area (Å²) in [6.45, 7) is 5.12. The van der Waals surface area contributed by atoms with Gasteiger partial charge in [-0.3, -0.25) is 4.79 Å². The maximum absolute atomic E-state index is 11.8. The maximum Gasteiger partial charge on any atom is 0.338 e. The molecule has 0 spiro atoms. The molecule has 0 aliphatic rings. The van der Waals surface area contributed by atoms with Crippen LogP contribution in [0, 0.1) is 6.92 Å². The van der Waals surface area contributed by atoms with E-state index in [1.807, 2.05) is 13.8 Å². The highest BCUT2D eigenvalue weighted by Crippen LogP contribution is 2.16. The first kappa shape index (κ1) is 14.0. The second-order valence-electron chi connectivity index (χ2n) is 4.32. The van der Waals surface area contributed by atoms with Crippen LogP contribution in [-0.2, 0) is 9.53 Å². The highest BCUT2D eigenvalue weighted by atomic mass is 16.5. The summed E-state index contributed by atoms with van der Waals surface area (Å²) >= 11 is 0. The molecular weight excluding hydrogens is 232 g/mol. The predicted molar refractivity (Wildman–Crippen MR) is 69.2 cm³/mol. The molecular formula is C13H18N2O3. The average Bonchev–Trinajstić information content (AvgIpc) is 2.29. The Bertz CT molecular complexity index is 456. The van der Waals surface area contributed by atoms with E-state index < -0.39 is 5.97 Å². The number of hydrogen-bond donors (Lipinski definition) is 2. The van der Waals surface area contributed by atoms with Crippen LogP contribution in [0.5, 0.6) is 0 Å². The number of anilines is 1. The molecule has 0 heterocycles. The number of carbonyl (C=O) groups is 2. The summed E-state index contributed by atoms with van der Waals surface area (Å²) in [5.41, 5.74) is 7.26. The Morgan fingerprint density at radius 3 is 2.67 bits per heavy atom. The van der Waals surface area contributed by atoms with Crippen molar-refractivity contribution in [3.8, 4) is 0 Å². The number of nitrogens with two attached hydrogens (primary N) is 1. The highest BCUT2D eigenvalue weighted by Gasteiger charge is 2.13. The van der Waals surface area contributed by atoms with Crippen molar-refractivity contribution < 1.29 is 14.3 Å². The standard InChI is InChI=1S/C13H18N2O3/c1-8(2)15-12(16)7-18-13(17)10-5-4-6-11(14)9(10)3/h4-6,8H,7,14H2,1-3H3,(H,15,16). The number of amides is 1. The Labute approximate surface area is 106 Å². The van der Waals surface area contributed by atoms with E-state index in [4.69, 9.17) is 10.5 Å². The smallest absolute Gasteiger partial charge is 0.338 e. The van der Waals surface area contributed by atoms with E-state index in [-0.39, 0.29) is 18.6 Å². The van der Waals surface area contributed by atoms with E-state index in [2.05, 4.69) is 5.32 Å². The van der Waals surface area contributed by atoms with Gasteiger partial charge in [0.15, 0.2) is 6.61 Å². The zero-order valence-electron chi connectivity index (χ0n) is 10.8. The molecule has 3 N–H and O–H groups in total. The van der Waals surface area contributed by atoms with E-state index in [0.29, 0.717) is 16.8 Å². The summed E-state index contributed by atoms with van der Waals surface area (Å²) in [6.07, 6.45) is 0. The third-order valence-corrected chi connectivity index (χ3v) is 2.38. The maximum atomic E-state index is 11.8. The monoisotopic (exact) mass is 250 g/mol. The molecule has 0 saturated carbocycles. The predicted octanol–water partition coefficient (Wildman–Crippen LogP) is 1.26.